The highest BCUT2D eigenvalue weighted by Crippen LogP contribution is 2.46. The lowest BCUT2D eigenvalue weighted by Crippen LogP contribution is -2.25. The fraction of sp³-hybridized carbons (Fsp3) is 0.609. The predicted molar refractivity (Wildman–Crippen MR) is 209 cm³/mol. The number of benzene rings is 2. The number of carbonyl (C=O) groups excluding carboxylic acids is 2. The second-order valence-corrected chi connectivity index (χ2v) is 15.7. The van der Waals surface area contributed by atoms with Crippen molar-refractivity contribution in [2.45, 2.75) is 142 Å². The number of carbonyl (C=O) groups is 2. The highest BCUT2D eigenvalue weighted by atomic mass is 16.5. The number of hydrogen-bond acceptors (Lipinski definition) is 5. The smallest absolute Gasteiger partial charge is 0.335 e. The molecule has 0 aliphatic heterocycles. The maximum Gasteiger partial charge on any atom is 0.335 e. The summed E-state index contributed by atoms with van der Waals surface area (Å²) in [5, 5.41) is 9.10. The molecule has 2 fully saturated rings. The van der Waals surface area contributed by atoms with Crippen LogP contribution in [0.3, 0.4) is 0 Å². The molecule has 0 amide bonds. The summed E-state index contributed by atoms with van der Waals surface area (Å²) in [5.74, 6) is 2.26. The number of aliphatic hydroxyl groups is 1. The quantitative estimate of drug-likeness (QED) is 0.0898. The van der Waals surface area contributed by atoms with Crippen LogP contribution in [0.2, 0.25) is 0 Å². The van der Waals surface area contributed by atoms with Crippen molar-refractivity contribution in [2.24, 2.45) is 17.8 Å². The molecule has 1 N–H and O–H groups in total. The van der Waals surface area contributed by atoms with E-state index in [1.165, 1.54) is 93.7 Å². The monoisotopic (exact) mass is 698 g/mol. The van der Waals surface area contributed by atoms with E-state index in [9.17, 15) is 9.59 Å². The van der Waals surface area contributed by atoms with Gasteiger partial charge in [0.25, 0.3) is 0 Å². The summed E-state index contributed by atoms with van der Waals surface area (Å²) in [6.07, 6.45) is 19.2. The van der Waals surface area contributed by atoms with Crippen molar-refractivity contribution < 1.29 is 24.2 Å². The van der Waals surface area contributed by atoms with Gasteiger partial charge in [-0.15, -0.1) is 0 Å². The van der Waals surface area contributed by atoms with Crippen molar-refractivity contribution in [3.63, 3.8) is 0 Å². The first-order valence-electron chi connectivity index (χ1n) is 20.1. The summed E-state index contributed by atoms with van der Waals surface area (Å²) in [6.45, 7) is 15.8. The van der Waals surface area contributed by atoms with Gasteiger partial charge in [-0.05, 0) is 167 Å². The molecule has 0 spiro atoms. The fourth-order valence-electron chi connectivity index (χ4n) is 8.78. The molecule has 280 valence electrons. The van der Waals surface area contributed by atoms with Crippen LogP contribution in [0.25, 0.3) is 0 Å². The average molecular weight is 699 g/mol. The second kappa shape index (κ2) is 20.8. The van der Waals surface area contributed by atoms with Crippen molar-refractivity contribution in [1.29, 1.82) is 0 Å². The van der Waals surface area contributed by atoms with E-state index in [0.717, 1.165) is 37.0 Å². The highest BCUT2D eigenvalue weighted by molar-refractivity contribution is 5.88. The lowest BCUT2D eigenvalue weighted by molar-refractivity contribution is -0.140. The number of ether oxygens (including phenoxy) is 2. The summed E-state index contributed by atoms with van der Waals surface area (Å²) in [7, 11) is 0. The van der Waals surface area contributed by atoms with E-state index in [1.54, 1.807) is 23.6 Å². The molecule has 2 aromatic rings. The third kappa shape index (κ3) is 12.2. The van der Waals surface area contributed by atoms with Crippen molar-refractivity contribution in [3.8, 4) is 0 Å². The van der Waals surface area contributed by atoms with Crippen LogP contribution in [0, 0.1) is 24.7 Å². The number of esters is 2. The number of aryl methyl sites for hydroxylation is 3. The van der Waals surface area contributed by atoms with Crippen molar-refractivity contribution >= 4 is 11.9 Å². The Kier molecular flexibility index (Phi) is 16.5. The lowest BCUT2D eigenvalue weighted by Gasteiger charge is -2.38. The van der Waals surface area contributed by atoms with Crippen molar-refractivity contribution in [1.82, 2.24) is 0 Å². The van der Waals surface area contributed by atoms with E-state index < -0.39 is 12.6 Å². The van der Waals surface area contributed by atoms with E-state index in [2.05, 4.69) is 70.3 Å². The summed E-state index contributed by atoms with van der Waals surface area (Å²) < 4.78 is 10.8. The first-order valence-corrected chi connectivity index (χ1v) is 20.1. The Morgan fingerprint density at radius 1 is 0.824 bits per heavy atom. The van der Waals surface area contributed by atoms with Gasteiger partial charge in [-0.2, -0.15) is 0 Å². The summed E-state index contributed by atoms with van der Waals surface area (Å²) in [6, 6.07) is 14.4. The van der Waals surface area contributed by atoms with Gasteiger partial charge in [-0.25, -0.2) is 9.59 Å². The molecule has 4 rings (SSSR count). The third-order valence-electron chi connectivity index (χ3n) is 11.9. The van der Waals surface area contributed by atoms with Gasteiger partial charge in [0.1, 0.15) is 0 Å². The maximum absolute atomic E-state index is 12.1. The van der Waals surface area contributed by atoms with Crippen LogP contribution >= 0.6 is 0 Å². The molecular weight excluding hydrogens is 633 g/mol. The first-order chi connectivity index (χ1) is 24.6. The van der Waals surface area contributed by atoms with Gasteiger partial charge in [0.15, 0.2) is 0 Å². The van der Waals surface area contributed by atoms with Gasteiger partial charge in [-0.1, -0.05) is 76.2 Å². The normalized spacial score (nSPS) is 21.1. The van der Waals surface area contributed by atoms with E-state index in [0.29, 0.717) is 24.5 Å². The summed E-state index contributed by atoms with van der Waals surface area (Å²) in [5.41, 5.74) is 9.28. The van der Waals surface area contributed by atoms with Crippen LogP contribution in [0.15, 0.2) is 60.7 Å². The Morgan fingerprint density at radius 2 is 1.51 bits per heavy atom. The Bertz CT molecular complexity index is 1440. The van der Waals surface area contributed by atoms with Gasteiger partial charge in [0.05, 0.1) is 25.4 Å². The minimum absolute atomic E-state index is 0.0496. The molecule has 0 radical (unpaired) electrons. The second-order valence-electron chi connectivity index (χ2n) is 15.7. The van der Waals surface area contributed by atoms with Crippen molar-refractivity contribution in [2.75, 3.05) is 19.8 Å². The minimum Gasteiger partial charge on any atom is -0.462 e. The number of aliphatic hydroxyl groups excluding tert-OH is 1. The van der Waals surface area contributed by atoms with E-state index in [1.807, 2.05) is 0 Å². The number of hydrogen-bond donors (Lipinski definition) is 1. The van der Waals surface area contributed by atoms with Crippen LogP contribution < -0.4 is 0 Å². The maximum atomic E-state index is 12.1. The third-order valence-corrected chi connectivity index (χ3v) is 11.9. The molecule has 2 aromatic carbocycles. The molecular formula is C46H66O5. The summed E-state index contributed by atoms with van der Waals surface area (Å²) >= 11 is 0. The average Bonchev–Trinajstić information content (AvgIpc) is 3.15. The Balaban J connectivity index is 1.26. The molecule has 5 nitrogen and oxygen atoms in total. The summed E-state index contributed by atoms with van der Waals surface area (Å²) in [4.78, 5) is 24.0. The van der Waals surface area contributed by atoms with Crippen LogP contribution in [0.5, 0.6) is 0 Å². The highest BCUT2D eigenvalue weighted by Gasteiger charge is 2.32. The fourth-order valence-corrected chi connectivity index (χ4v) is 8.78. The van der Waals surface area contributed by atoms with E-state index >= 15 is 0 Å². The minimum atomic E-state index is -0.574. The van der Waals surface area contributed by atoms with Crippen LogP contribution in [-0.4, -0.2) is 36.9 Å². The zero-order valence-electron chi connectivity index (χ0n) is 32.3. The number of unbranched alkanes of at least 4 members (excludes halogenated alkanes) is 2. The molecule has 0 saturated heterocycles. The molecule has 1 unspecified atom stereocenters. The largest absolute Gasteiger partial charge is 0.462 e. The molecule has 2 aliphatic rings. The molecule has 0 aromatic heterocycles. The first kappa shape index (κ1) is 40.6. The standard InChI is InChI=1S/C46H66O5/c1-7-9-10-13-38-21-24-43(29-37(38)8-2)41-17-15-39(16-18-41)40-19-22-42(23-20-40)44-25-14-35(27-33(44)5)28-36(31-51-45(48)32(3)4)12-11-26-50-46(49)34(6)30-47/h14,21,24-25,27,29,36,39-42,47H,3,6-13,15-20,22-23,26,28,30-31H2,1-2,4-5H3. The van der Waals surface area contributed by atoms with E-state index in [4.69, 9.17) is 14.6 Å². The van der Waals surface area contributed by atoms with E-state index in [-0.39, 0.29) is 24.1 Å². The van der Waals surface area contributed by atoms with Crippen LogP contribution in [0.1, 0.15) is 149 Å². The van der Waals surface area contributed by atoms with Crippen LogP contribution in [0.4, 0.5) is 0 Å². The molecule has 1 atom stereocenters. The molecule has 2 aliphatic carbocycles. The van der Waals surface area contributed by atoms with Crippen LogP contribution in [-0.2, 0) is 38.3 Å². The van der Waals surface area contributed by atoms with Gasteiger partial charge in [-0.3, -0.25) is 0 Å². The van der Waals surface area contributed by atoms with Gasteiger partial charge in [0, 0.05) is 5.57 Å². The molecule has 51 heavy (non-hydrogen) atoms. The van der Waals surface area contributed by atoms with Crippen molar-refractivity contribution in [3.05, 3.63) is 94.1 Å². The predicted octanol–water partition coefficient (Wildman–Crippen LogP) is 10.7. The Labute approximate surface area is 309 Å². The molecule has 0 bridgehead atoms. The van der Waals surface area contributed by atoms with Gasteiger partial charge in [0.2, 0.25) is 0 Å². The topological polar surface area (TPSA) is 72.8 Å². The SMILES string of the molecule is C=C(C)C(=O)OCC(CCCOC(=O)C(=C)CO)Cc1ccc(C2CCC(C3CCC(c4ccc(CCCCC)c(CC)c4)CC3)CC2)c(C)c1. The lowest BCUT2D eigenvalue weighted by atomic mass is 9.67. The molecule has 5 heteroatoms. The number of rotatable bonds is 19. The molecule has 0 heterocycles. The van der Waals surface area contributed by atoms with Gasteiger partial charge >= 0.3 is 11.9 Å². The zero-order chi connectivity index (χ0) is 36.8. The zero-order valence-corrected chi connectivity index (χ0v) is 32.3. The Hall–Kier alpha value is -3.18. The van der Waals surface area contributed by atoms with Gasteiger partial charge < -0.3 is 14.6 Å². The molecule has 2 saturated carbocycles. The Morgan fingerprint density at radius 3 is 2.12 bits per heavy atom.